The van der Waals surface area contributed by atoms with Crippen LogP contribution in [0.4, 0.5) is 0 Å². The van der Waals surface area contributed by atoms with Gasteiger partial charge in [-0.3, -0.25) is 14.3 Å². The van der Waals surface area contributed by atoms with Crippen LogP contribution in [-0.4, -0.2) is 32.2 Å². The van der Waals surface area contributed by atoms with Crippen LogP contribution < -0.4 is 10.6 Å². The Morgan fingerprint density at radius 1 is 1.44 bits per heavy atom. The second-order valence-corrected chi connectivity index (χ2v) is 6.57. The number of hydrogen-bond acceptors (Lipinski definition) is 3. The summed E-state index contributed by atoms with van der Waals surface area (Å²) in [6.07, 6.45) is 2.72. The quantitative estimate of drug-likeness (QED) is 0.885. The fraction of sp³-hybridized carbons (Fsp3) is 0.500. The maximum absolute atomic E-state index is 12.8. The first-order valence-corrected chi connectivity index (χ1v) is 8.67. The van der Waals surface area contributed by atoms with E-state index in [0.29, 0.717) is 18.4 Å². The molecular weight excluding hydrogens is 318 g/mol. The number of aromatic nitrogens is 3. The van der Waals surface area contributed by atoms with E-state index in [-0.39, 0.29) is 23.9 Å². The lowest BCUT2D eigenvalue weighted by atomic mass is 9.95. The number of piperidine rings is 1. The summed E-state index contributed by atoms with van der Waals surface area (Å²) >= 11 is 0. The molecule has 3 rings (SSSR count). The molecule has 0 aliphatic carbocycles. The highest BCUT2D eigenvalue weighted by atomic mass is 16.2. The zero-order valence-corrected chi connectivity index (χ0v) is 15.2. The Morgan fingerprint density at radius 2 is 2.20 bits per heavy atom. The molecule has 2 aromatic heterocycles. The van der Waals surface area contributed by atoms with Crippen LogP contribution in [0.5, 0.6) is 0 Å². The first kappa shape index (κ1) is 17.3. The normalized spacial score (nSPS) is 20.4. The lowest BCUT2D eigenvalue weighted by Gasteiger charge is -2.32. The zero-order valence-electron chi connectivity index (χ0n) is 15.2. The molecule has 7 heteroatoms. The molecule has 1 saturated heterocycles. The van der Waals surface area contributed by atoms with Gasteiger partial charge in [0.25, 0.3) is 5.91 Å². The Balaban J connectivity index is 1.84. The molecule has 0 aromatic carbocycles. The predicted octanol–water partition coefficient (Wildman–Crippen LogP) is 1.61. The minimum atomic E-state index is -0.271. The van der Waals surface area contributed by atoms with Crippen LogP contribution >= 0.6 is 0 Å². The van der Waals surface area contributed by atoms with Crippen LogP contribution in [0.2, 0.25) is 0 Å². The number of carbonyl (C=O) groups is 2. The summed E-state index contributed by atoms with van der Waals surface area (Å²) in [5.41, 5.74) is 3.62. The highest BCUT2D eigenvalue weighted by Gasteiger charge is 2.33. The molecule has 2 amide bonds. The molecule has 1 aliphatic heterocycles. The Bertz CT molecular complexity index is 804. The van der Waals surface area contributed by atoms with Crippen molar-refractivity contribution in [2.24, 2.45) is 7.05 Å². The number of amides is 2. The summed E-state index contributed by atoms with van der Waals surface area (Å²) in [5, 5.41) is 10.3. The molecule has 0 unspecified atom stereocenters. The van der Waals surface area contributed by atoms with Crippen LogP contribution in [0.25, 0.3) is 0 Å². The van der Waals surface area contributed by atoms with Gasteiger partial charge in [-0.15, -0.1) is 0 Å². The predicted molar refractivity (Wildman–Crippen MR) is 94.2 cm³/mol. The van der Waals surface area contributed by atoms with Crippen molar-refractivity contribution >= 4 is 11.8 Å². The van der Waals surface area contributed by atoms with Crippen molar-refractivity contribution in [2.45, 2.75) is 52.2 Å². The molecule has 0 radical (unpaired) electrons. The van der Waals surface area contributed by atoms with Gasteiger partial charge in [0.05, 0.1) is 23.3 Å². The zero-order chi connectivity index (χ0) is 18.1. The van der Waals surface area contributed by atoms with Gasteiger partial charge in [0, 0.05) is 37.6 Å². The number of nitrogens with zero attached hydrogens (tertiary/aromatic N) is 3. The third-order valence-electron chi connectivity index (χ3n) is 5.03. The number of rotatable bonds is 4. The fourth-order valence-corrected chi connectivity index (χ4v) is 3.69. The highest BCUT2D eigenvalue weighted by Crippen LogP contribution is 2.24. The third-order valence-corrected chi connectivity index (χ3v) is 5.03. The molecule has 134 valence electrons. The van der Waals surface area contributed by atoms with E-state index in [1.807, 2.05) is 33.0 Å². The third kappa shape index (κ3) is 3.18. The maximum Gasteiger partial charge on any atom is 0.253 e. The smallest absolute Gasteiger partial charge is 0.253 e. The minimum absolute atomic E-state index is 0.000796. The van der Waals surface area contributed by atoms with Gasteiger partial charge >= 0.3 is 0 Å². The van der Waals surface area contributed by atoms with Gasteiger partial charge in [-0.2, -0.15) is 5.10 Å². The van der Waals surface area contributed by atoms with E-state index in [1.165, 1.54) is 0 Å². The molecule has 25 heavy (non-hydrogen) atoms. The lowest BCUT2D eigenvalue weighted by molar-refractivity contribution is -0.123. The number of aryl methyl sites for hydroxylation is 2. The van der Waals surface area contributed by atoms with E-state index < -0.39 is 0 Å². The number of nitrogens with one attached hydrogen (secondary N) is 2. The SMILES string of the molecule is CCn1c(C)cc(C(=O)N[C@@H]2CCC(=O)N[C@H]2c2ccnn2C)c1C. The highest BCUT2D eigenvalue weighted by molar-refractivity contribution is 5.96. The molecule has 7 nitrogen and oxygen atoms in total. The molecule has 2 N–H and O–H groups in total. The standard InChI is InChI=1S/C18H25N5O2/c1-5-23-11(2)10-13(12(23)3)18(25)20-14-6-7-16(24)21-17(14)15-8-9-19-22(15)4/h8-10,14,17H,5-7H2,1-4H3,(H,20,25)(H,21,24)/t14-,17-/m1/s1. The summed E-state index contributed by atoms with van der Waals surface area (Å²) < 4.78 is 3.86. The van der Waals surface area contributed by atoms with Crippen molar-refractivity contribution in [3.63, 3.8) is 0 Å². The fourth-order valence-electron chi connectivity index (χ4n) is 3.69. The molecule has 3 heterocycles. The first-order valence-electron chi connectivity index (χ1n) is 8.67. The van der Waals surface area contributed by atoms with Crippen molar-refractivity contribution < 1.29 is 9.59 Å². The van der Waals surface area contributed by atoms with Gasteiger partial charge in [0.2, 0.25) is 5.91 Å². The van der Waals surface area contributed by atoms with E-state index in [1.54, 1.807) is 10.9 Å². The van der Waals surface area contributed by atoms with Crippen LogP contribution in [0.3, 0.4) is 0 Å². The first-order chi connectivity index (χ1) is 11.9. The molecule has 1 fully saturated rings. The molecule has 0 bridgehead atoms. The average Bonchev–Trinajstić information content (AvgIpc) is 3.12. The van der Waals surface area contributed by atoms with Gasteiger partial charge < -0.3 is 15.2 Å². The molecule has 1 aliphatic rings. The van der Waals surface area contributed by atoms with Crippen LogP contribution in [0.15, 0.2) is 18.3 Å². The van der Waals surface area contributed by atoms with E-state index in [9.17, 15) is 9.59 Å². The van der Waals surface area contributed by atoms with Gasteiger partial charge in [0.15, 0.2) is 0 Å². The van der Waals surface area contributed by atoms with Gasteiger partial charge in [0.1, 0.15) is 0 Å². The topological polar surface area (TPSA) is 81.0 Å². The monoisotopic (exact) mass is 343 g/mol. The van der Waals surface area contributed by atoms with Gasteiger partial charge in [-0.1, -0.05) is 0 Å². The average molecular weight is 343 g/mol. The van der Waals surface area contributed by atoms with E-state index >= 15 is 0 Å². The minimum Gasteiger partial charge on any atom is -0.349 e. The van der Waals surface area contributed by atoms with Crippen LogP contribution in [-0.2, 0) is 18.4 Å². The van der Waals surface area contributed by atoms with Crippen molar-refractivity contribution in [1.82, 2.24) is 25.0 Å². The van der Waals surface area contributed by atoms with E-state index in [4.69, 9.17) is 0 Å². The van der Waals surface area contributed by atoms with Crippen molar-refractivity contribution in [1.29, 1.82) is 0 Å². The van der Waals surface area contributed by atoms with Crippen LogP contribution in [0.1, 0.15) is 53.2 Å². The van der Waals surface area contributed by atoms with Gasteiger partial charge in [-0.25, -0.2) is 0 Å². The molecular formula is C18H25N5O2. The molecule has 2 atom stereocenters. The summed E-state index contributed by atoms with van der Waals surface area (Å²) in [6.45, 7) is 6.87. The van der Waals surface area contributed by atoms with E-state index in [0.717, 1.165) is 23.6 Å². The van der Waals surface area contributed by atoms with Crippen molar-refractivity contribution in [2.75, 3.05) is 0 Å². The van der Waals surface area contributed by atoms with Crippen molar-refractivity contribution in [3.05, 3.63) is 41.0 Å². The largest absolute Gasteiger partial charge is 0.349 e. The summed E-state index contributed by atoms with van der Waals surface area (Å²) in [6, 6.07) is 3.37. The summed E-state index contributed by atoms with van der Waals surface area (Å²) in [7, 11) is 1.84. The Labute approximate surface area is 147 Å². The Hall–Kier alpha value is -2.57. The molecule has 0 spiro atoms. The molecule has 0 saturated carbocycles. The maximum atomic E-state index is 12.8. The second kappa shape index (κ2) is 6.74. The second-order valence-electron chi connectivity index (χ2n) is 6.57. The summed E-state index contributed by atoms with van der Waals surface area (Å²) in [5.74, 6) is -0.0954. The Morgan fingerprint density at radius 3 is 2.80 bits per heavy atom. The van der Waals surface area contributed by atoms with Gasteiger partial charge in [-0.05, 0) is 39.3 Å². The summed E-state index contributed by atoms with van der Waals surface area (Å²) in [4.78, 5) is 24.7. The van der Waals surface area contributed by atoms with E-state index in [2.05, 4.69) is 27.2 Å². The lowest BCUT2D eigenvalue weighted by Crippen LogP contribution is -2.50. The molecule has 2 aromatic rings. The number of carbonyl (C=O) groups excluding carboxylic acids is 2. The van der Waals surface area contributed by atoms with Crippen LogP contribution in [0, 0.1) is 13.8 Å². The van der Waals surface area contributed by atoms with Crippen molar-refractivity contribution in [3.8, 4) is 0 Å². The number of hydrogen-bond donors (Lipinski definition) is 2. The Kier molecular flexibility index (Phi) is 4.65.